The van der Waals surface area contributed by atoms with Crippen molar-refractivity contribution in [1.82, 2.24) is 0 Å². The molecule has 0 aliphatic heterocycles. The lowest BCUT2D eigenvalue weighted by Crippen LogP contribution is -2.44. The van der Waals surface area contributed by atoms with Crippen molar-refractivity contribution in [2.24, 2.45) is 0 Å². The molecule has 9 nitrogen and oxygen atoms in total. The zero-order valence-corrected chi connectivity index (χ0v) is 64.3. The van der Waals surface area contributed by atoms with Gasteiger partial charge in [-0.25, -0.2) is 0 Å². The van der Waals surface area contributed by atoms with E-state index in [-0.39, 0.29) is 32.2 Å². The first kappa shape index (κ1) is 92.5. The fourth-order valence-corrected chi connectivity index (χ4v) is 12.9. The lowest BCUT2D eigenvalue weighted by atomic mass is 10.0. The zero-order chi connectivity index (χ0) is 69.0. The number of esters is 2. The first-order valence-corrected chi connectivity index (χ1v) is 42.1. The van der Waals surface area contributed by atoms with Gasteiger partial charge in [0.15, 0.2) is 12.4 Å². The summed E-state index contributed by atoms with van der Waals surface area (Å²) in [5, 5.41) is 11.9. The predicted octanol–water partition coefficient (Wildman–Crippen LogP) is 25.7. The van der Waals surface area contributed by atoms with Crippen molar-refractivity contribution in [2.45, 2.75) is 450 Å². The molecule has 2 unspecified atom stereocenters. The fourth-order valence-electron chi connectivity index (χ4n) is 12.9. The van der Waals surface area contributed by atoms with Gasteiger partial charge >= 0.3 is 11.9 Å². The van der Waals surface area contributed by atoms with Crippen molar-refractivity contribution in [3.05, 3.63) is 36.5 Å². The highest BCUT2D eigenvalue weighted by Gasteiger charge is 2.22. The highest BCUT2D eigenvalue weighted by molar-refractivity contribution is 5.70. The molecule has 0 bridgehead atoms. The van der Waals surface area contributed by atoms with Gasteiger partial charge in [0.05, 0.1) is 40.3 Å². The summed E-state index contributed by atoms with van der Waals surface area (Å²) in [4.78, 5) is 37.6. The van der Waals surface area contributed by atoms with E-state index in [1.165, 1.54) is 366 Å². The van der Waals surface area contributed by atoms with Crippen LogP contribution in [0.15, 0.2) is 36.5 Å². The smallest absolute Gasteiger partial charge is 0.306 e. The molecule has 0 heterocycles. The van der Waals surface area contributed by atoms with Gasteiger partial charge in [0.1, 0.15) is 13.2 Å². The SMILES string of the molecule is CCCCCCC/C=C\C/C=C\CCCCCCCCCCCCCCCCCCCCCCCCCC(=O)OC(COC(=O)CCCCCCCCCCCCCCCCCCCCCCCCC/C=C\CCCCCCCCCC)COC(OCC[N+](C)(C)C)C(=O)[O-]. The molecule has 0 saturated carbocycles. The molecule has 0 rings (SSSR count). The van der Waals surface area contributed by atoms with E-state index in [1.807, 2.05) is 21.1 Å². The highest BCUT2D eigenvalue weighted by atomic mass is 16.7. The lowest BCUT2D eigenvalue weighted by Gasteiger charge is -2.26. The van der Waals surface area contributed by atoms with Crippen LogP contribution < -0.4 is 5.11 Å². The van der Waals surface area contributed by atoms with E-state index in [0.717, 1.165) is 44.9 Å². The highest BCUT2D eigenvalue weighted by Crippen LogP contribution is 2.20. The van der Waals surface area contributed by atoms with E-state index in [2.05, 4.69) is 50.3 Å². The van der Waals surface area contributed by atoms with Gasteiger partial charge in [-0.3, -0.25) is 9.59 Å². The number of carbonyl (C=O) groups excluding carboxylic acids is 3. The molecule has 0 spiro atoms. The Morgan fingerprint density at radius 2 is 0.568 bits per heavy atom. The molecule has 0 radical (unpaired) electrons. The van der Waals surface area contributed by atoms with Crippen LogP contribution in [-0.2, 0) is 33.3 Å². The van der Waals surface area contributed by atoms with Gasteiger partial charge in [0.2, 0.25) is 0 Å². The molecule has 0 aromatic rings. The molecule has 0 aromatic heterocycles. The zero-order valence-electron chi connectivity index (χ0n) is 64.3. The summed E-state index contributed by atoms with van der Waals surface area (Å²) in [6, 6.07) is 0. The number of carbonyl (C=O) groups is 3. The summed E-state index contributed by atoms with van der Waals surface area (Å²) >= 11 is 0. The van der Waals surface area contributed by atoms with E-state index in [1.54, 1.807) is 0 Å². The standard InChI is InChI=1S/C86H163NO8/c1-6-8-10-12-14-16-18-20-22-24-26-28-30-32-34-36-38-40-42-44-46-48-50-52-54-56-58-60-62-64-66-68-70-72-74-76-83(88)93-80-82(81-94-86(85(90)91)92-79-78-87(3,4)5)95-84(89)77-75-73-71-69-67-65-63-61-59-57-55-53-51-49-47-45-43-41-39-37-35-33-31-29-27-25-23-21-19-17-15-13-11-9-7-2/h19,21,24-27,82,86H,6-18,20,22-23,28-81H2,1-5H3/b21-19-,26-24-,27-25-. The van der Waals surface area contributed by atoms with Crippen LogP contribution in [0.25, 0.3) is 0 Å². The molecule has 0 aliphatic rings. The van der Waals surface area contributed by atoms with E-state index in [9.17, 15) is 19.5 Å². The van der Waals surface area contributed by atoms with Crippen LogP contribution in [0.4, 0.5) is 0 Å². The Bertz CT molecular complexity index is 1650. The number of carboxylic acid groups (broad SMARTS) is 1. The average molecular weight is 1340 g/mol. The van der Waals surface area contributed by atoms with Crippen LogP contribution in [0.1, 0.15) is 438 Å². The summed E-state index contributed by atoms with van der Waals surface area (Å²) in [6.07, 6.45) is 97.2. The molecule has 0 saturated heterocycles. The monoisotopic (exact) mass is 1340 g/mol. The second kappa shape index (κ2) is 77.3. The van der Waals surface area contributed by atoms with Gasteiger partial charge < -0.3 is 33.3 Å². The number of nitrogens with zero attached hydrogens (tertiary/aromatic N) is 1. The summed E-state index contributed by atoms with van der Waals surface area (Å²) in [5.74, 6) is -2.25. The number of hydrogen-bond donors (Lipinski definition) is 0. The molecule has 95 heavy (non-hydrogen) atoms. The Balaban J connectivity index is 3.94. The van der Waals surface area contributed by atoms with Crippen LogP contribution >= 0.6 is 0 Å². The molecule has 0 fully saturated rings. The van der Waals surface area contributed by atoms with E-state index in [4.69, 9.17) is 18.9 Å². The van der Waals surface area contributed by atoms with Gasteiger partial charge in [0.25, 0.3) is 0 Å². The molecule has 2 atom stereocenters. The number of quaternary nitrogens is 1. The molecule has 9 heteroatoms. The molecular formula is C86H163NO8. The lowest BCUT2D eigenvalue weighted by molar-refractivity contribution is -0.870. The number of hydrogen-bond acceptors (Lipinski definition) is 8. The Hall–Kier alpha value is -2.49. The van der Waals surface area contributed by atoms with Crippen molar-refractivity contribution in [2.75, 3.05) is 47.5 Å². The molecule has 0 amide bonds. The van der Waals surface area contributed by atoms with Crippen LogP contribution in [0.3, 0.4) is 0 Å². The summed E-state index contributed by atoms with van der Waals surface area (Å²) in [7, 11) is 5.96. The fraction of sp³-hybridized carbons (Fsp3) is 0.895. The second-order valence-electron chi connectivity index (χ2n) is 30.1. The Morgan fingerprint density at radius 1 is 0.316 bits per heavy atom. The van der Waals surface area contributed by atoms with Gasteiger partial charge in [-0.15, -0.1) is 0 Å². The quantitative estimate of drug-likeness (QED) is 0.0195. The third-order valence-electron chi connectivity index (χ3n) is 19.4. The summed E-state index contributed by atoms with van der Waals surface area (Å²) in [6.45, 7) is 4.82. The van der Waals surface area contributed by atoms with Crippen molar-refractivity contribution >= 4 is 17.9 Å². The Labute approximate surface area is 591 Å². The van der Waals surface area contributed by atoms with Crippen LogP contribution in [0.2, 0.25) is 0 Å². The number of unbranched alkanes of at least 4 members (excludes halogenated alkanes) is 59. The Morgan fingerprint density at radius 3 is 0.842 bits per heavy atom. The maximum Gasteiger partial charge on any atom is 0.306 e. The van der Waals surface area contributed by atoms with Gasteiger partial charge in [-0.1, -0.05) is 391 Å². The summed E-state index contributed by atoms with van der Waals surface area (Å²) in [5.41, 5.74) is 0. The number of allylic oxidation sites excluding steroid dienone is 6. The summed E-state index contributed by atoms with van der Waals surface area (Å²) < 4.78 is 22.9. The van der Waals surface area contributed by atoms with Crippen LogP contribution in [0, 0.1) is 0 Å². The molecular weight excluding hydrogens is 1170 g/mol. The van der Waals surface area contributed by atoms with E-state index in [0.29, 0.717) is 17.4 Å². The molecule has 560 valence electrons. The van der Waals surface area contributed by atoms with Crippen molar-refractivity contribution in [1.29, 1.82) is 0 Å². The van der Waals surface area contributed by atoms with Crippen LogP contribution in [-0.4, -0.2) is 82.3 Å². The third-order valence-corrected chi connectivity index (χ3v) is 19.4. The predicted molar refractivity (Wildman–Crippen MR) is 408 cm³/mol. The average Bonchev–Trinajstić information content (AvgIpc) is 3.58. The minimum Gasteiger partial charge on any atom is -0.545 e. The number of carboxylic acids is 1. The molecule has 0 aromatic carbocycles. The number of ether oxygens (including phenoxy) is 4. The number of likely N-dealkylation sites (N-methyl/N-ethyl adjacent to an activating group) is 1. The minimum absolute atomic E-state index is 0.152. The van der Waals surface area contributed by atoms with Gasteiger partial charge in [-0.05, 0) is 70.6 Å². The van der Waals surface area contributed by atoms with E-state index >= 15 is 0 Å². The maximum absolute atomic E-state index is 13.0. The van der Waals surface area contributed by atoms with E-state index < -0.39 is 24.3 Å². The number of rotatable bonds is 80. The van der Waals surface area contributed by atoms with Gasteiger partial charge in [-0.2, -0.15) is 0 Å². The van der Waals surface area contributed by atoms with Gasteiger partial charge in [0, 0.05) is 12.8 Å². The topological polar surface area (TPSA) is 111 Å². The first-order chi connectivity index (χ1) is 46.6. The van der Waals surface area contributed by atoms with Crippen molar-refractivity contribution < 1.29 is 42.9 Å². The number of aliphatic carboxylic acids is 1. The minimum atomic E-state index is -1.62. The normalized spacial score (nSPS) is 12.7. The van der Waals surface area contributed by atoms with Crippen molar-refractivity contribution in [3.8, 4) is 0 Å². The second-order valence-corrected chi connectivity index (χ2v) is 30.1. The van der Waals surface area contributed by atoms with Crippen LogP contribution in [0.5, 0.6) is 0 Å². The molecule has 0 N–H and O–H groups in total. The molecule has 0 aliphatic carbocycles. The Kier molecular flexibility index (Phi) is 75.2. The third kappa shape index (κ3) is 78.7. The van der Waals surface area contributed by atoms with Crippen molar-refractivity contribution in [3.63, 3.8) is 0 Å². The first-order valence-electron chi connectivity index (χ1n) is 42.1. The largest absolute Gasteiger partial charge is 0.545 e. The maximum atomic E-state index is 13.0.